The smallest absolute Gasteiger partial charge is 0.187 e. The summed E-state index contributed by atoms with van der Waals surface area (Å²) in [4.78, 5) is 22.5. The van der Waals surface area contributed by atoms with E-state index in [9.17, 15) is 4.79 Å². The first-order valence-electron chi connectivity index (χ1n) is 11.0. The van der Waals surface area contributed by atoms with Gasteiger partial charge in [0.05, 0.1) is 0 Å². The number of nitrogens with one attached hydrogen (secondary N) is 1. The third-order valence-electron chi connectivity index (χ3n) is 5.82. The zero-order chi connectivity index (χ0) is 22.8. The predicted molar refractivity (Wildman–Crippen MR) is 135 cm³/mol. The fourth-order valence-corrected chi connectivity index (χ4v) is 4.16. The zero-order valence-corrected chi connectivity index (χ0v) is 18.7. The van der Waals surface area contributed by atoms with Crippen molar-refractivity contribution in [1.82, 2.24) is 14.9 Å². The van der Waals surface area contributed by atoms with Crippen LogP contribution in [-0.2, 0) is 6.42 Å². The predicted octanol–water partition coefficient (Wildman–Crippen LogP) is 6.23. The van der Waals surface area contributed by atoms with Gasteiger partial charge in [-0.3, -0.25) is 4.79 Å². The van der Waals surface area contributed by atoms with Crippen molar-refractivity contribution < 1.29 is 4.79 Å². The number of fused-ring (bicyclic) bond motifs is 3. The Kier molecular flexibility index (Phi) is 5.49. The van der Waals surface area contributed by atoms with E-state index in [1.165, 1.54) is 11.1 Å². The standard InChI is InChI=1S/C29H25N3O/c1-32(2)17-15-27(33)23-12-13-26-25(19-23)28-24(14-16-30-29(28)31-26)22-10-8-21(9-11-22)18-20-6-4-3-5-7-20/h3-17,19H,18H2,1-2H3,(H,30,31)/b17-15+. The maximum Gasteiger partial charge on any atom is 0.187 e. The summed E-state index contributed by atoms with van der Waals surface area (Å²) in [6, 6.07) is 27.0. The van der Waals surface area contributed by atoms with Crippen molar-refractivity contribution >= 4 is 27.7 Å². The van der Waals surface area contributed by atoms with Gasteiger partial charge in [-0.05, 0) is 52.9 Å². The first kappa shape index (κ1) is 20.7. The van der Waals surface area contributed by atoms with Crippen LogP contribution in [-0.4, -0.2) is 34.7 Å². The second-order valence-electron chi connectivity index (χ2n) is 8.47. The molecule has 0 aliphatic carbocycles. The summed E-state index contributed by atoms with van der Waals surface area (Å²) >= 11 is 0. The lowest BCUT2D eigenvalue weighted by Crippen LogP contribution is -2.03. The molecule has 162 valence electrons. The van der Waals surface area contributed by atoms with Crippen molar-refractivity contribution in [3.8, 4) is 11.1 Å². The van der Waals surface area contributed by atoms with Gasteiger partial charge in [-0.2, -0.15) is 0 Å². The summed E-state index contributed by atoms with van der Waals surface area (Å²) in [5.41, 5.74) is 7.26. The van der Waals surface area contributed by atoms with E-state index in [-0.39, 0.29) is 5.78 Å². The molecule has 5 rings (SSSR count). The molecule has 0 spiro atoms. The van der Waals surface area contributed by atoms with E-state index in [1.54, 1.807) is 12.3 Å². The van der Waals surface area contributed by atoms with Crippen molar-refractivity contribution in [3.63, 3.8) is 0 Å². The summed E-state index contributed by atoms with van der Waals surface area (Å²) in [5, 5.41) is 2.04. The average Bonchev–Trinajstić information content (AvgIpc) is 3.22. The number of aromatic nitrogens is 2. The Bertz CT molecular complexity index is 1460. The molecular formula is C29H25N3O. The van der Waals surface area contributed by atoms with E-state index in [4.69, 9.17) is 0 Å². The van der Waals surface area contributed by atoms with Crippen molar-refractivity contribution in [1.29, 1.82) is 0 Å². The fourth-order valence-electron chi connectivity index (χ4n) is 4.16. The molecule has 5 aromatic rings. The van der Waals surface area contributed by atoms with E-state index in [0.717, 1.165) is 39.5 Å². The number of carbonyl (C=O) groups is 1. The molecule has 1 N–H and O–H groups in total. The highest BCUT2D eigenvalue weighted by atomic mass is 16.1. The van der Waals surface area contributed by atoms with Crippen LogP contribution in [0.25, 0.3) is 33.1 Å². The number of benzene rings is 3. The largest absolute Gasteiger partial charge is 0.383 e. The number of ketones is 1. The summed E-state index contributed by atoms with van der Waals surface area (Å²) in [6.07, 6.45) is 6.11. The molecular weight excluding hydrogens is 406 g/mol. The molecule has 0 aliphatic heterocycles. The maximum atomic E-state index is 12.7. The molecule has 0 saturated carbocycles. The summed E-state index contributed by atoms with van der Waals surface area (Å²) in [6.45, 7) is 0. The first-order chi connectivity index (χ1) is 16.1. The summed E-state index contributed by atoms with van der Waals surface area (Å²) < 4.78 is 0. The lowest BCUT2D eigenvalue weighted by atomic mass is 9.97. The monoisotopic (exact) mass is 431 g/mol. The third-order valence-corrected chi connectivity index (χ3v) is 5.82. The lowest BCUT2D eigenvalue weighted by Gasteiger charge is -2.07. The van der Waals surface area contributed by atoms with Crippen LogP contribution in [0.1, 0.15) is 21.5 Å². The first-order valence-corrected chi connectivity index (χ1v) is 11.0. The number of hydrogen-bond acceptors (Lipinski definition) is 3. The molecule has 2 aromatic heterocycles. The zero-order valence-electron chi connectivity index (χ0n) is 18.7. The van der Waals surface area contributed by atoms with Crippen molar-refractivity contribution in [2.24, 2.45) is 0 Å². The van der Waals surface area contributed by atoms with Gasteiger partial charge in [-0.1, -0.05) is 54.6 Å². The van der Waals surface area contributed by atoms with E-state index in [1.807, 2.05) is 55.5 Å². The minimum absolute atomic E-state index is 0.0179. The maximum absolute atomic E-state index is 12.7. The summed E-state index contributed by atoms with van der Waals surface area (Å²) in [7, 11) is 3.80. The molecule has 0 atom stereocenters. The van der Waals surface area contributed by atoms with Gasteiger partial charge in [0.25, 0.3) is 0 Å². The van der Waals surface area contributed by atoms with Crippen LogP contribution in [0.3, 0.4) is 0 Å². The number of H-pyrrole nitrogens is 1. The van der Waals surface area contributed by atoms with Gasteiger partial charge in [0.1, 0.15) is 5.65 Å². The number of hydrogen-bond donors (Lipinski definition) is 1. The highest BCUT2D eigenvalue weighted by molar-refractivity contribution is 6.15. The molecule has 0 radical (unpaired) electrons. The van der Waals surface area contributed by atoms with Crippen molar-refractivity contribution in [2.45, 2.75) is 6.42 Å². The van der Waals surface area contributed by atoms with Gasteiger partial charge in [0.15, 0.2) is 5.78 Å². The minimum atomic E-state index is -0.0179. The van der Waals surface area contributed by atoms with Gasteiger partial charge in [0.2, 0.25) is 0 Å². The number of pyridine rings is 1. The SMILES string of the molecule is CN(C)/C=C/C(=O)c1ccc2[nH]c3nccc(-c4ccc(Cc5ccccc5)cc4)c3c2c1. The Hall–Kier alpha value is -4.18. The molecule has 0 bridgehead atoms. The molecule has 33 heavy (non-hydrogen) atoms. The Morgan fingerprint density at radius 1 is 0.939 bits per heavy atom. The number of carbonyl (C=O) groups excluding carboxylic acids is 1. The number of nitrogens with zero attached hydrogens (tertiary/aromatic N) is 2. The molecule has 0 amide bonds. The molecule has 4 heteroatoms. The van der Waals surface area contributed by atoms with Crippen molar-refractivity contribution in [3.05, 3.63) is 114 Å². The number of allylic oxidation sites excluding steroid dienone is 1. The van der Waals surface area contributed by atoms with Gasteiger partial charge in [-0.25, -0.2) is 4.98 Å². The van der Waals surface area contributed by atoms with Crippen LogP contribution in [0, 0.1) is 0 Å². The average molecular weight is 432 g/mol. The normalized spacial score (nSPS) is 11.5. The Labute approximate surface area is 193 Å². The van der Waals surface area contributed by atoms with E-state index in [0.29, 0.717) is 5.56 Å². The second-order valence-corrected chi connectivity index (χ2v) is 8.47. The highest BCUT2D eigenvalue weighted by Crippen LogP contribution is 2.34. The summed E-state index contributed by atoms with van der Waals surface area (Å²) in [5.74, 6) is -0.0179. The van der Waals surface area contributed by atoms with Gasteiger partial charge < -0.3 is 9.88 Å². The topological polar surface area (TPSA) is 49.0 Å². The quantitative estimate of drug-likeness (QED) is 0.256. The van der Waals surface area contributed by atoms with Gasteiger partial charge in [0, 0.05) is 54.4 Å². The van der Waals surface area contributed by atoms with Crippen LogP contribution in [0.5, 0.6) is 0 Å². The number of rotatable bonds is 6. The molecule has 0 aliphatic rings. The van der Waals surface area contributed by atoms with Crippen LogP contribution in [0.2, 0.25) is 0 Å². The van der Waals surface area contributed by atoms with Crippen LogP contribution >= 0.6 is 0 Å². The van der Waals surface area contributed by atoms with E-state index < -0.39 is 0 Å². The molecule has 4 nitrogen and oxygen atoms in total. The molecule has 0 saturated heterocycles. The second kappa shape index (κ2) is 8.75. The van der Waals surface area contributed by atoms with Crippen molar-refractivity contribution in [2.75, 3.05) is 14.1 Å². The van der Waals surface area contributed by atoms with Gasteiger partial charge >= 0.3 is 0 Å². The Balaban J connectivity index is 1.55. The Morgan fingerprint density at radius 3 is 2.45 bits per heavy atom. The molecule has 0 fully saturated rings. The Morgan fingerprint density at radius 2 is 1.70 bits per heavy atom. The highest BCUT2D eigenvalue weighted by Gasteiger charge is 2.13. The fraction of sp³-hybridized carbons (Fsp3) is 0.103. The van der Waals surface area contributed by atoms with E-state index in [2.05, 4.69) is 58.5 Å². The van der Waals surface area contributed by atoms with Crippen LogP contribution < -0.4 is 0 Å². The molecule has 3 aromatic carbocycles. The molecule has 2 heterocycles. The van der Waals surface area contributed by atoms with E-state index >= 15 is 0 Å². The van der Waals surface area contributed by atoms with Crippen LogP contribution in [0.4, 0.5) is 0 Å². The third kappa shape index (κ3) is 4.28. The van der Waals surface area contributed by atoms with Gasteiger partial charge in [-0.15, -0.1) is 0 Å². The molecule has 0 unspecified atom stereocenters. The number of aromatic amines is 1. The van der Waals surface area contributed by atoms with Crippen LogP contribution in [0.15, 0.2) is 97.3 Å². The minimum Gasteiger partial charge on any atom is -0.383 e. The lowest BCUT2D eigenvalue weighted by molar-refractivity contribution is 0.104.